The minimum absolute atomic E-state index is 0.491. The molecule has 0 radical (unpaired) electrons. The van der Waals surface area contributed by atoms with Gasteiger partial charge in [0.25, 0.3) is 0 Å². The molecule has 0 spiro atoms. The second-order valence-electron chi connectivity index (χ2n) is 14.7. The van der Waals surface area contributed by atoms with Gasteiger partial charge >= 0.3 is 0 Å². The average Bonchev–Trinajstić information content (AvgIpc) is 3.91. The molecule has 5 heterocycles. The molecule has 0 amide bonds. The highest BCUT2D eigenvalue weighted by Crippen LogP contribution is 2.43. The van der Waals surface area contributed by atoms with E-state index < -0.39 is 0 Å². The maximum atomic E-state index is 6.50. The van der Waals surface area contributed by atoms with E-state index in [9.17, 15) is 0 Å². The van der Waals surface area contributed by atoms with Gasteiger partial charge in [-0.15, -0.1) is 0 Å². The van der Waals surface area contributed by atoms with Gasteiger partial charge in [-0.1, -0.05) is 133 Å². The summed E-state index contributed by atoms with van der Waals surface area (Å²) in [6.07, 6.45) is 3.51. The van der Waals surface area contributed by atoms with Crippen molar-refractivity contribution in [2.75, 3.05) is 0 Å². The molecule has 12 aromatic rings. The Balaban J connectivity index is 0.944. The summed E-state index contributed by atoms with van der Waals surface area (Å²) in [6.45, 7) is 0. The van der Waals surface area contributed by atoms with Crippen molar-refractivity contribution in [2.45, 2.75) is 0 Å². The van der Waals surface area contributed by atoms with Crippen LogP contribution in [0.15, 0.2) is 191 Å². The number of fused-ring (bicyclic) bond motifs is 6. The van der Waals surface area contributed by atoms with Gasteiger partial charge in [0.15, 0.2) is 23.1 Å². The molecule has 0 saturated carbocycles. The summed E-state index contributed by atoms with van der Waals surface area (Å²) in [5.74, 6) is 2.39. The zero-order valence-electron chi connectivity index (χ0n) is 31.8. The highest BCUT2D eigenvalue weighted by Gasteiger charge is 2.20. The van der Waals surface area contributed by atoms with Gasteiger partial charge in [-0.05, 0) is 63.4 Å². The van der Waals surface area contributed by atoms with Gasteiger partial charge in [0.05, 0.1) is 11.1 Å². The van der Waals surface area contributed by atoms with Crippen LogP contribution >= 0.6 is 0 Å². The number of benzene rings is 7. The molecule has 0 aliphatic heterocycles. The Morgan fingerprint density at radius 1 is 0.333 bits per heavy atom. The van der Waals surface area contributed by atoms with E-state index in [-0.39, 0.29) is 0 Å². The molecular formula is C52H30N6O2. The summed E-state index contributed by atoms with van der Waals surface area (Å²) in [6, 6.07) is 57.5. The second-order valence-corrected chi connectivity index (χ2v) is 14.7. The second kappa shape index (κ2) is 13.6. The first-order valence-corrected chi connectivity index (χ1v) is 19.7. The SMILES string of the molecule is c1ccc(-c2nc(-c3ccccc3)nc(-c3ccc(-c4ccc(-c5cccc6oc7cc8oc(-c9ccnc%10cccnc9%10)nc8cc7c56)c5ccccc45)cc3)n2)cc1. The first kappa shape index (κ1) is 33.7. The lowest BCUT2D eigenvalue weighted by Crippen LogP contribution is -2.00. The summed E-state index contributed by atoms with van der Waals surface area (Å²) in [4.78, 5) is 28.7. The zero-order chi connectivity index (χ0) is 39.6. The smallest absolute Gasteiger partial charge is 0.229 e. The molecule has 0 unspecified atom stereocenters. The third-order valence-corrected chi connectivity index (χ3v) is 11.1. The lowest BCUT2D eigenvalue weighted by Gasteiger charge is -2.13. The predicted molar refractivity (Wildman–Crippen MR) is 238 cm³/mol. The Labute approximate surface area is 342 Å². The molecule has 8 nitrogen and oxygen atoms in total. The van der Waals surface area contributed by atoms with Crippen LogP contribution in [0.1, 0.15) is 0 Å². The van der Waals surface area contributed by atoms with Gasteiger partial charge in [0.2, 0.25) is 5.89 Å². The summed E-state index contributed by atoms with van der Waals surface area (Å²) >= 11 is 0. The molecule has 7 aromatic carbocycles. The van der Waals surface area contributed by atoms with Gasteiger partial charge in [0.1, 0.15) is 22.2 Å². The molecule has 60 heavy (non-hydrogen) atoms. The highest BCUT2D eigenvalue weighted by atomic mass is 16.4. The van der Waals surface area contributed by atoms with Crippen LogP contribution in [0.25, 0.3) is 123 Å². The van der Waals surface area contributed by atoms with Crippen molar-refractivity contribution in [1.29, 1.82) is 0 Å². The summed E-state index contributed by atoms with van der Waals surface area (Å²) in [5, 5.41) is 4.28. The standard InChI is InChI=1S/C52H30N6O2/c1-3-11-32(12-4-1)49-56-50(33-13-5-2-6-14-33)58-51(57-49)34-22-20-31(21-23-34)35-24-25-38(37-16-8-7-15-36(35)37)39-17-9-19-44-47(39)41-29-43-46(30-45(41)59-44)60-52(55-43)40-26-28-53-42-18-10-27-54-48(40)42/h1-30H. The number of oxazole rings is 1. The Kier molecular flexibility index (Phi) is 7.67. The molecule has 0 aliphatic rings. The van der Waals surface area contributed by atoms with Crippen molar-refractivity contribution < 1.29 is 8.83 Å². The Morgan fingerprint density at radius 3 is 1.72 bits per heavy atom. The number of rotatable bonds is 6. The van der Waals surface area contributed by atoms with Crippen LogP contribution < -0.4 is 0 Å². The largest absolute Gasteiger partial charge is 0.456 e. The molecule has 5 aromatic heterocycles. The maximum Gasteiger partial charge on any atom is 0.229 e. The number of hydrogen-bond acceptors (Lipinski definition) is 8. The first-order valence-electron chi connectivity index (χ1n) is 19.7. The van der Waals surface area contributed by atoms with Gasteiger partial charge in [-0.3, -0.25) is 9.97 Å². The minimum atomic E-state index is 0.491. The highest BCUT2D eigenvalue weighted by molar-refractivity contribution is 6.18. The Bertz CT molecular complexity index is 3540. The van der Waals surface area contributed by atoms with E-state index in [0.717, 1.165) is 93.8 Å². The number of nitrogens with zero attached hydrogens (tertiary/aromatic N) is 6. The van der Waals surface area contributed by atoms with Gasteiger partial charge < -0.3 is 8.83 Å². The zero-order valence-corrected chi connectivity index (χ0v) is 31.8. The monoisotopic (exact) mass is 770 g/mol. The van der Waals surface area contributed by atoms with Crippen LogP contribution in [0.5, 0.6) is 0 Å². The van der Waals surface area contributed by atoms with Crippen LogP contribution in [-0.4, -0.2) is 29.9 Å². The number of hydrogen-bond donors (Lipinski definition) is 0. The van der Waals surface area contributed by atoms with E-state index in [1.165, 1.54) is 0 Å². The molecular weight excluding hydrogens is 741 g/mol. The number of pyridine rings is 2. The summed E-state index contributed by atoms with van der Waals surface area (Å²) in [5.41, 5.74) is 12.4. The molecule has 0 fully saturated rings. The van der Waals surface area contributed by atoms with Gasteiger partial charge in [0, 0.05) is 45.9 Å². The molecule has 0 bridgehead atoms. The van der Waals surface area contributed by atoms with Crippen LogP contribution in [-0.2, 0) is 0 Å². The minimum Gasteiger partial charge on any atom is -0.456 e. The van der Waals surface area contributed by atoms with Gasteiger partial charge in [-0.25, -0.2) is 19.9 Å². The normalized spacial score (nSPS) is 11.7. The first-order chi connectivity index (χ1) is 29.7. The third-order valence-electron chi connectivity index (χ3n) is 11.1. The molecule has 0 aliphatic carbocycles. The fourth-order valence-electron chi connectivity index (χ4n) is 8.26. The van der Waals surface area contributed by atoms with Crippen LogP contribution in [0.4, 0.5) is 0 Å². The van der Waals surface area contributed by atoms with Gasteiger partial charge in [-0.2, -0.15) is 0 Å². The van der Waals surface area contributed by atoms with Crippen molar-refractivity contribution in [3.05, 3.63) is 182 Å². The van der Waals surface area contributed by atoms with E-state index in [1.54, 1.807) is 12.4 Å². The van der Waals surface area contributed by atoms with E-state index in [2.05, 4.69) is 88.8 Å². The van der Waals surface area contributed by atoms with E-state index in [0.29, 0.717) is 28.9 Å². The van der Waals surface area contributed by atoms with Crippen molar-refractivity contribution in [3.8, 4) is 67.9 Å². The molecule has 12 rings (SSSR count). The lowest BCUT2D eigenvalue weighted by atomic mass is 9.90. The number of aromatic nitrogens is 6. The predicted octanol–water partition coefficient (Wildman–Crippen LogP) is 13.0. The Morgan fingerprint density at radius 2 is 0.983 bits per heavy atom. The molecule has 280 valence electrons. The van der Waals surface area contributed by atoms with Crippen molar-refractivity contribution in [3.63, 3.8) is 0 Å². The van der Waals surface area contributed by atoms with E-state index in [4.69, 9.17) is 28.8 Å². The number of furan rings is 1. The topological polar surface area (TPSA) is 104 Å². The van der Waals surface area contributed by atoms with E-state index in [1.807, 2.05) is 91.0 Å². The molecule has 0 atom stereocenters. The molecule has 0 N–H and O–H groups in total. The quantitative estimate of drug-likeness (QED) is 0.165. The van der Waals surface area contributed by atoms with Crippen LogP contribution in [0.3, 0.4) is 0 Å². The van der Waals surface area contributed by atoms with Crippen molar-refractivity contribution in [1.82, 2.24) is 29.9 Å². The lowest BCUT2D eigenvalue weighted by molar-refractivity contribution is 0.618. The fourth-order valence-corrected chi connectivity index (χ4v) is 8.26. The summed E-state index contributed by atoms with van der Waals surface area (Å²) in [7, 11) is 0. The summed E-state index contributed by atoms with van der Waals surface area (Å²) < 4.78 is 12.8. The Hall–Kier alpha value is -8.36. The molecule has 0 saturated heterocycles. The maximum absolute atomic E-state index is 6.50. The van der Waals surface area contributed by atoms with Crippen molar-refractivity contribution in [2.24, 2.45) is 0 Å². The third kappa shape index (κ3) is 5.61. The van der Waals surface area contributed by atoms with Crippen LogP contribution in [0, 0.1) is 0 Å². The molecule has 8 heteroatoms. The van der Waals surface area contributed by atoms with Crippen molar-refractivity contribution >= 4 is 54.8 Å². The van der Waals surface area contributed by atoms with E-state index >= 15 is 0 Å². The average molecular weight is 771 g/mol. The van der Waals surface area contributed by atoms with Crippen LogP contribution in [0.2, 0.25) is 0 Å². The fraction of sp³-hybridized carbons (Fsp3) is 0.